The number of alkyl halides is 1. The standard InChI is InChI=1S/C31H34ClN3O4/c1-31(2,3)39-30(38)35-27-14-8-7-13-26(27)34-28(36)20-17-22-15-18-23(19-16-22)25(12-9-21-32)29(37)33-24-10-5-4-6-11-24/h4-8,10-11,13-20,25H,9,12,21H2,1-3H3,(H,33,37)(H,34,36)(H,35,38)/b20-17+. The Morgan fingerprint density at radius 1 is 0.846 bits per heavy atom. The second kappa shape index (κ2) is 14.2. The van der Waals surface area contributed by atoms with Crippen molar-refractivity contribution in [2.24, 2.45) is 0 Å². The number of benzene rings is 3. The predicted octanol–water partition coefficient (Wildman–Crippen LogP) is 7.43. The molecule has 0 heterocycles. The molecule has 0 saturated heterocycles. The highest BCUT2D eigenvalue weighted by molar-refractivity contribution is 6.17. The van der Waals surface area contributed by atoms with E-state index in [1.54, 1.807) is 51.1 Å². The van der Waals surface area contributed by atoms with Crippen LogP contribution >= 0.6 is 11.6 Å². The van der Waals surface area contributed by atoms with Crippen molar-refractivity contribution >= 4 is 52.6 Å². The summed E-state index contributed by atoms with van der Waals surface area (Å²) in [5.74, 6) is -0.326. The molecule has 0 fully saturated rings. The average Bonchev–Trinajstić information content (AvgIpc) is 2.89. The molecule has 3 rings (SSSR count). The Balaban J connectivity index is 1.64. The van der Waals surface area contributed by atoms with Crippen LogP contribution in [0.2, 0.25) is 0 Å². The van der Waals surface area contributed by atoms with E-state index in [2.05, 4.69) is 16.0 Å². The molecule has 3 aromatic rings. The number of rotatable bonds is 10. The zero-order valence-electron chi connectivity index (χ0n) is 22.4. The average molecular weight is 548 g/mol. The molecule has 0 aliphatic carbocycles. The third-order valence-electron chi connectivity index (χ3n) is 5.57. The SMILES string of the molecule is CC(C)(C)OC(=O)Nc1ccccc1NC(=O)/C=C/c1ccc(C(CCCCl)C(=O)Nc2ccccc2)cc1. The van der Waals surface area contributed by atoms with Crippen LogP contribution in [0, 0.1) is 0 Å². The molecule has 3 amide bonds. The van der Waals surface area contributed by atoms with Crippen LogP contribution in [0.25, 0.3) is 6.08 Å². The van der Waals surface area contributed by atoms with Gasteiger partial charge in [-0.15, -0.1) is 11.6 Å². The minimum Gasteiger partial charge on any atom is -0.444 e. The number of para-hydroxylation sites is 3. The second-order valence-electron chi connectivity index (χ2n) is 9.90. The molecule has 0 aliphatic heterocycles. The van der Waals surface area contributed by atoms with E-state index in [0.29, 0.717) is 30.1 Å². The van der Waals surface area contributed by atoms with Crippen LogP contribution < -0.4 is 16.0 Å². The zero-order valence-corrected chi connectivity index (χ0v) is 23.1. The number of hydrogen-bond donors (Lipinski definition) is 3. The van der Waals surface area contributed by atoms with Crippen molar-refractivity contribution < 1.29 is 19.1 Å². The Labute approximate surface area is 234 Å². The van der Waals surface area contributed by atoms with Crippen molar-refractivity contribution in [3.8, 4) is 0 Å². The molecule has 1 atom stereocenters. The molecule has 204 valence electrons. The fraction of sp³-hybridized carbons (Fsp3) is 0.258. The van der Waals surface area contributed by atoms with Crippen LogP contribution in [0.4, 0.5) is 21.9 Å². The number of nitrogens with one attached hydrogen (secondary N) is 3. The summed E-state index contributed by atoms with van der Waals surface area (Å²) in [6, 6.07) is 23.7. The summed E-state index contributed by atoms with van der Waals surface area (Å²) in [6.45, 7) is 5.32. The Hall–Kier alpha value is -4.10. The molecule has 7 nitrogen and oxygen atoms in total. The van der Waals surface area contributed by atoms with Crippen molar-refractivity contribution in [2.45, 2.75) is 45.1 Å². The first-order valence-electron chi connectivity index (χ1n) is 12.7. The lowest BCUT2D eigenvalue weighted by Gasteiger charge is -2.20. The van der Waals surface area contributed by atoms with Gasteiger partial charge in [0.25, 0.3) is 0 Å². The van der Waals surface area contributed by atoms with Gasteiger partial charge in [0.2, 0.25) is 11.8 Å². The quantitative estimate of drug-likeness (QED) is 0.182. The van der Waals surface area contributed by atoms with Crippen molar-refractivity contribution in [1.29, 1.82) is 0 Å². The van der Waals surface area contributed by atoms with Crippen LogP contribution in [0.15, 0.2) is 84.9 Å². The maximum absolute atomic E-state index is 13.0. The van der Waals surface area contributed by atoms with Gasteiger partial charge in [0, 0.05) is 17.6 Å². The molecule has 3 N–H and O–H groups in total. The fourth-order valence-electron chi connectivity index (χ4n) is 3.78. The van der Waals surface area contributed by atoms with Crippen LogP contribution in [0.5, 0.6) is 0 Å². The molecule has 1 unspecified atom stereocenters. The second-order valence-corrected chi connectivity index (χ2v) is 10.3. The van der Waals surface area contributed by atoms with E-state index in [4.69, 9.17) is 16.3 Å². The van der Waals surface area contributed by atoms with Crippen LogP contribution in [-0.2, 0) is 14.3 Å². The molecule has 0 spiro atoms. The van der Waals surface area contributed by atoms with E-state index in [1.165, 1.54) is 6.08 Å². The van der Waals surface area contributed by atoms with E-state index >= 15 is 0 Å². The zero-order chi connectivity index (χ0) is 28.3. The molecular formula is C31H34ClN3O4. The smallest absolute Gasteiger partial charge is 0.412 e. The van der Waals surface area contributed by atoms with Crippen LogP contribution in [0.3, 0.4) is 0 Å². The van der Waals surface area contributed by atoms with Crippen LogP contribution in [0.1, 0.15) is 50.7 Å². The Morgan fingerprint density at radius 2 is 1.46 bits per heavy atom. The van der Waals surface area contributed by atoms with Gasteiger partial charge in [-0.25, -0.2) is 4.79 Å². The van der Waals surface area contributed by atoms with Crippen molar-refractivity contribution in [3.63, 3.8) is 0 Å². The predicted molar refractivity (Wildman–Crippen MR) is 158 cm³/mol. The first-order chi connectivity index (χ1) is 18.6. The minimum absolute atomic E-state index is 0.0901. The highest BCUT2D eigenvalue weighted by atomic mass is 35.5. The van der Waals surface area contributed by atoms with E-state index in [9.17, 15) is 14.4 Å². The molecule has 0 aliphatic rings. The monoisotopic (exact) mass is 547 g/mol. The molecule has 8 heteroatoms. The molecule has 0 aromatic heterocycles. The van der Waals surface area contributed by atoms with Crippen molar-refractivity contribution in [3.05, 3.63) is 96.1 Å². The fourth-order valence-corrected chi connectivity index (χ4v) is 3.94. The highest BCUT2D eigenvalue weighted by Crippen LogP contribution is 2.25. The summed E-state index contributed by atoms with van der Waals surface area (Å²) < 4.78 is 5.29. The lowest BCUT2D eigenvalue weighted by Crippen LogP contribution is -2.27. The first kappa shape index (κ1) is 29.5. The number of amides is 3. The van der Waals surface area contributed by atoms with Gasteiger partial charge in [-0.05, 0) is 75.1 Å². The Morgan fingerprint density at radius 3 is 2.08 bits per heavy atom. The number of ether oxygens (including phenoxy) is 1. The molecular weight excluding hydrogens is 514 g/mol. The van der Waals surface area contributed by atoms with Gasteiger partial charge >= 0.3 is 6.09 Å². The maximum Gasteiger partial charge on any atom is 0.412 e. The number of carbonyl (C=O) groups is 3. The van der Waals surface area contributed by atoms with Gasteiger partial charge in [-0.3, -0.25) is 14.9 Å². The number of carbonyl (C=O) groups excluding carboxylic acids is 3. The lowest BCUT2D eigenvalue weighted by molar-refractivity contribution is -0.117. The lowest BCUT2D eigenvalue weighted by atomic mass is 9.92. The van der Waals surface area contributed by atoms with Gasteiger partial charge < -0.3 is 15.4 Å². The van der Waals surface area contributed by atoms with Gasteiger partial charge in [0.15, 0.2) is 0 Å². The van der Waals surface area contributed by atoms with Crippen LogP contribution in [-0.4, -0.2) is 29.4 Å². The highest BCUT2D eigenvalue weighted by Gasteiger charge is 2.20. The first-order valence-corrected chi connectivity index (χ1v) is 13.3. The van der Waals surface area contributed by atoms with E-state index < -0.39 is 11.7 Å². The molecule has 0 bridgehead atoms. The molecule has 39 heavy (non-hydrogen) atoms. The molecule has 0 saturated carbocycles. The summed E-state index contributed by atoms with van der Waals surface area (Å²) in [6.07, 6.45) is 3.81. The van der Waals surface area contributed by atoms with E-state index in [-0.39, 0.29) is 17.7 Å². The normalized spacial score (nSPS) is 12.0. The van der Waals surface area contributed by atoms with E-state index in [1.807, 2.05) is 54.6 Å². The van der Waals surface area contributed by atoms with E-state index in [0.717, 1.165) is 16.8 Å². The Bertz CT molecular complexity index is 1290. The third-order valence-corrected chi connectivity index (χ3v) is 5.84. The summed E-state index contributed by atoms with van der Waals surface area (Å²) in [4.78, 5) is 37.8. The summed E-state index contributed by atoms with van der Waals surface area (Å²) in [5, 5.41) is 8.41. The third kappa shape index (κ3) is 9.94. The summed E-state index contributed by atoms with van der Waals surface area (Å²) in [5.41, 5.74) is 2.64. The van der Waals surface area contributed by atoms with Gasteiger partial charge in [-0.2, -0.15) is 0 Å². The van der Waals surface area contributed by atoms with Gasteiger partial charge in [-0.1, -0.05) is 54.6 Å². The topological polar surface area (TPSA) is 96.5 Å². The molecule has 3 aromatic carbocycles. The number of hydrogen-bond acceptors (Lipinski definition) is 4. The van der Waals surface area contributed by atoms with Crippen molar-refractivity contribution in [1.82, 2.24) is 0 Å². The summed E-state index contributed by atoms with van der Waals surface area (Å²) >= 11 is 5.91. The van der Waals surface area contributed by atoms with Crippen molar-refractivity contribution in [2.75, 3.05) is 21.8 Å². The number of halogens is 1. The number of anilines is 3. The van der Waals surface area contributed by atoms with Gasteiger partial charge in [0.05, 0.1) is 17.3 Å². The summed E-state index contributed by atoms with van der Waals surface area (Å²) in [7, 11) is 0. The maximum atomic E-state index is 13.0. The largest absolute Gasteiger partial charge is 0.444 e. The Kier molecular flexibility index (Phi) is 10.7. The minimum atomic E-state index is -0.642. The van der Waals surface area contributed by atoms with Gasteiger partial charge in [0.1, 0.15) is 5.60 Å². The molecule has 0 radical (unpaired) electrons.